The van der Waals surface area contributed by atoms with Crippen LogP contribution >= 0.6 is 0 Å². The third-order valence-electron chi connectivity index (χ3n) is 2.73. The standard InChI is InChI=1S/C11H16O8/c1-6(7(12)16-2)11(8(13)17-3,9(14)18-4)10(15)19-5/h6H,1-5H3. The van der Waals surface area contributed by atoms with Gasteiger partial charge in [0.2, 0.25) is 0 Å². The van der Waals surface area contributed by atoms with Crippen LogP contribution in [0.3, 0.4) is 0 Å². The molecule has 0 saturated heterocycles. The van der Waals surface area contributed by atoms with Crippen LogP contribution in [0.2, 0.25) is 0 Å². The lowest BCUT2D eigenvalue weighted by Gasteiger charge is -2.29. The Bertz CT molecular complexity index is 345. The summed E-state index contributed by atoms with van der Waals surface area (Å²) in [7, 11) is 3.95. The van der Waals surface area contributed by atoms with Crippen molar-refractivity contribution in [2.24, 2.45) is 11.3 Å². The van der Waals surface area contributed by atoms with E-state index in [1.54, 1.807) is 0 Å². The molecule has 1 atom stereocenters. The topological polar surface area (TPSA) is 105 Å². The summed E-state index contributed by atoms with van der Waals surface area (Å²) in [5.41, 5.74) is -2.55. The summed E-state index contributed by atoms with van der Waals surface area (Å²) in [4.78, 5) is 47.2. The average Bonchev–Trinajstić information content (AvgIpc) is 2.45. The van der Waals surface area contributed by atoms with Crippen molar-refractivity contribution in [1.29, 1.82) is 0 Å². The zero-order valence-electron chi connectivity index (χ0n) is 11.3. The van der Waals surface area contributed by atoms with Crippen molar-refractivity contribution in [3.05, 3.63) is 0 Å². The van der Waals surface area contributed by atoms with Gasteiger partial charge in [0, 0.05) is 0 Å². The predicted molar refractivity (Wildman–Crippen MR) is 59.7 cm³/mol. The van der Waals surface area contributed by atoms with Crippen molar-refractivity contribution >= 4 is 23.9 Å². The van der Waals surface area contributed by atoms with Crippen LogP contribution in [0.5, 0.6) is 0 Å². The van der Waals surface area contributed by atoms with E-state index in [1.165, 1.54) is 0 Å². The Hall–Kier alpha value is -2.12. The normalized spacial score (nSPS) is 12.1. The molecule has 0 aliphatic carbocycles. The smallest absolute Gasteiger partial charge is 0.335 e. The van der Waals surface area contributed by atoms with Crippen LogP contribution in [0.4, 0.5) is 0 Å². The second kappa shape index (κ2) is 6.72. The first-order valence-electron chi connectivity index (χ1n) is 5.17. The third-order valence-corrected chi connectivity index (χ3v) is 2.73. The summed E-state index contributed by atoms with van der Waals surface area (Å²) < 4.78 is 17.7. The highest BCUT2D eigenvalue weighted by atomic mass is 16.6. The number of rotatable bonds is 5. The Morgan fingerprint density at radius 2 is 1.05 bits per heavy atom. The van der Waals surface area contributed by atoms with Crippen LogP contribution in [0.15, 0.2) is 0 Å². The van der Waals surface area contributed by atoms with E-state index >= 15 is 0 Å². The van der Waals surface area contributed by atoms with Crippen molar-refractivity contribution < 1.29 is 38.1 Å². The van der Waals surface area contributed by atoms with E-state index in [9.17, 15) is 19.2 Å². The number of ether oxygens (including phenoxy) is 4. The molecule has 0 radical (unpaired) electrons. The predicted octanol–water partition coefficient (Wildman–Crippen LogP) is -0.699. The largest absolute Gasteiger partial charge is 0.469 e. The highest BCUT2D eigenvalue weighted by Gasteiger charge is 2.63. The second-order valence-electron chi connectivity index (χ2n) is 3.53. The third kappa shape index (κ3) is 2.67. The van der Waals surface area contributed by atoms with E-state index in [4.69, 9.17) is 0 Å². The van der Waals surface area contributed by atoms with Gasteiger partial charge in [-0.25, -0.2) is 0 Å². The molecule has 0 spiro atoms. The summed E-state index contributed by atoms with van der Waals surface area (Å²) in [5.74, 6) is -6.21. The van der Waals surface area contributed by atoms with Crippen molar-refractivity contribution in [3.8, 4) is 0 Å². The van der Waals surface area contributed by atoms with Crippen molar-refractivity contribution in [1.82, 2.24) is 0 Å². The maximum absolute atomic E-state index is 11.9. The van der Waals surface area contributed by atoms with Gasteiger partial charge < -0.3 is 18.9 Å². The minimum absolute atomic E-state index is 0.957. The minimum Gasteiger partial charge on any atom is -0.469 e. The lowest BCUT2D eigenvalue weighted by atomic mass is 9.76. The molecule has 0 aromatic heterocycles. The van der Waals surface area contributed by atoms with E-state index < -0.39 is 35.2 Å². The van der Waals surface area contributed by atoms with E-state index in [1.807, 2.05) is 0 Å². The van der Waals surface area contributed by atoms with Gasteiger partial charge in [0.15, 0.2) is 0 Å². The maximum atomic E-state index is 11.9. The van der Waals surface area contributed by atoms with Crippen LogP contribution in [0.1, 0.15) is 6.92 Å². The molecule has 0 heterocycles. The number of methoxy groups -OCH3 is 4. The summed E-state index contributed by atoms with van der Waals surface area (Å²) in [6.45, 7) is 1.16. The Labute approximate surface area is 109 Å². The SMILES string of the molecule is COC(=O)C(C)C(C(=O)OC)(C(=O)OC)C(=O)OC. The molecule has 1 unspecified atom stereocenters. The average molecular weight is 276 g/mol. The van der Waals surface area contributed by atoms with E-state index in [-0.39, 0.29) is 0 Å². The fourth-order valence-electron chi connectivity index (χ4n) is 1.62. The molecule has 8 nitrogen and oxygen atoms in total. The molecule has 0 aliphatic heterocycles. The fraction of sp³-hybridized carbons (Fsp3) is 0.636. The Balaban J connectivity index is 6.05. The number of carbonyl (C=O) groups excluding carboxylic acids is 4. The highest BCUT2D eigenvalue weighted by molar-refractivity contribution is 6.20. The van der Waals surface area contributed by atoms with Crippen molar-refractivity contribution in [2.75, 3.05) is 28.4 Å². The Morgan fingerprint density at radius 3 is 1.26 bits per heavy atom. The van der Waals surface area contributed by atoms with Gasteiger partial charge >= 0.3 is 23.9 Å². The molecule has 0 rings (SSSR count). The molecule has 108 valence electrons. The van der Waals surface area contributed by atoms with Crippen LogP contribution in [-0.4, -0.2) is 52.3 Å². The number of hydrogen-bond donors (Lipinski definition) is 0. The minimum atomic E-state index is -2.55. The van der Waals surface area contributed by atoms with Crippen LogP contribution < -0.4 is 0 Å². The summed E-state index contributed by atoms with van der Waals surface area (Å²) >= 11 is 0. The van der Waals surface area contributed by atoms with Crippen LogP contribution in [-0.2, 0) is 38.1 Å². The zero-order chi connectivity index (χ0) is 15.2. The first-order chi connectivity index (χ1) is 8.84. The molecular formula is C11H16O8. The lowest BCUT2D eigenvalue weighted by Crippen LogP contribution is -2.55. The van der Waals surface area contributed by atoms with E-state index in [0.29, 0.717) is 0 Å². The zero-order valence-corrected chi connectivity index (χ0v) is 11.3. The Morgan fingerprint density at radius 1 is 0.737 bits per heavy atom. The molecule has 0 N–H and O–H groups in total. The van der Waals surface area contributed by atoms with Gasteiger partial charge in [0.1, 0.15) is 0 Å². The van der Waals surface area contributed by atoms with Crippen molar-refractivity contribution in [2.45, 2.75) is 6.92 Å². The monoisotopic (exact) mass is 276 g/mol. The van der Waals surface area contributed by atoms with Gasteiger partial charge in [-0.15, -0.1) is 0 Å². The molecule has 0 aromatic carbocycles. The Kier molecular flexibility index (Phi) is 5.97. The molecule has 0 amide bonds. The fourth-order valence-corrected chi connectivity index (χ4v) is 1.62. The first-order valence-corrected chi connectivity index (χ1v) is 5.17. The highest BCUT2D eigenvalue weighted by Crippen LogP contribution is 2.33. The molecule has 19 heavy (non-hydrogen) atoms. The second-order valence-corrected chi connectivity index (χ2v) is 3.53. The number of carbonyl (C=O) groups is 4. The van der Waals surface area contributed by atoms with Gasteiger partial charge in [-0.1, -0.05) is 0 Å². The van der Waals surface area contributed by atoms with Gasteiger partial charge in [-0.2, -0.15) is 0 Å². The van der Waals surface area contributed by atoms with E-state index in [2.05, 4.69) is 18.9 Å². The lowest BCUT2D eigenvalue weighted by molar-refractivity contribution is -0.189. The number of hydrogen-bond acceptors (Lipinski definition) is 8. The van der Waals surface area contributed by atoms with Gasteiger partial charge in [0.05, 0.1) is 34.4 Å². The molecular weight excluding hydrogens is 260 g/mol. The summed E-state index contributed by atoms with van der Waals surface area (Å²) in [6, 6.07) is 0. The first kappa shape index (κ1) is 16.9. The molecule has 0 saturated carbocycles. The summed E-state index contributed by atoms with van der Waals surface area (Å²) in [6.07, 6.45) is 0. The molecule has 0 aliphatic rings. The van der Waals surface area contributed by atoms with Crippen molar-refractivity contribution in [3.63, 3.8) is 0 Å². The molecule has 0 fully saturated rings. The van der Waals surface area contributed by atoms with Gasteiger partial charge in [-0.3, -0.25) is 19.2 Å². The van der Waals surface area contributed by atoms with Crippen LogP contribution in [0, 0.1) is 11.3 Å². The quantitative estimate of drug-likeness (QED) is 0.369. The number of esters is 4. The molecule has 8 heteroatoms. The summed E-state index contributed by atoms with van der Waals surface area (Å²) in [5, 5.41) is 0. The van der Waals surface area contributed by atoms with Gasteiger partial charge in [0.25, 0.3) is 5.41 Å². The maximum Gasteiger partial charge on any atom is 0.335 e. The molecule has 0 bridgehead atoms. The van der Waals surface area contributed by atoms with Gasteiger partial charge in [-0.05, 0) is 6.92 Å². The van der Waals surface area contributed by atoms with E-state index in [0.717, 1.165) is 35.4 Å². The molecule has 0 aromatic rings. The van der Waals surface area contributed by atoms with Crippen LogP contribution in [0.25, 0.3) is 0 Å².